The highest BCUT2D eigenvalue weighted by Gasteiger charge is 2.11. The van der Waals surface area contributed by atoms with Crippen molar-refractivity contribution in [2.45, 2.75) is 26.7 Å². The third kappa shape index (κ3) is 2.64. The molecule has 0 heterocycles. The molecule has 0 radical (unpaired) electrons. The summed E-state index contributed by atoms with van der Waals surface area (Å²) in [7, 11) is 1.68. The van der Waals surface area contributed by atoms with Crippen molar-refractivity contribution < 1.29 is 4.74 Å². The zero-order chi connectivity index (χ0) is 11.4. The quantitative estimate of drug-likeness (QED) is 0.859. The van der Waals surface area contributed by atoms with Crippen molar-refractivity contribution >= 4 is 11.6 Å². The second-order valence-corrected chi connectivity index (χ2v) is 4.10. The number of rotatable bonds is 4. The van der Waals surface area contributed by atoms with Crippen LogP contribution < -0.4 is 10.5 Å². The number of hydrogen-bond donors (Lipinski definition) is 1. The van der Waals surface area contributed by atoms with E-state index in [0.29, 0.717) is 6.54 Å². The van der Waals surface area contributed by atoms with Crippen LogP contribution in [0.3, 0.4) is 0 Å². The minimum atomic E-state index is 0.702. The van der Waals surface area contributed by atoms with E-state index in [0.717, 1.165) is 29.2 Å². The largest absolute Gasteiger partial charge is 0.496 e. The molecule has 0 aliphatic heterocycles. The molecule has 84 valence electrons. The van der Waals surface area contributed by atoms with Crippen molar-refractivity contribution in [3.05, 3.63) is 27.8 Å². The maximum absolute atomic E-state index is 6.14. The molecule has 0 unspecified atom stereocenters. The molecule has 0 fully saturated rings. The molecule has 1 rings (SSSR count). The van der Waals surface area contributed by atoms with Crippen LogP contribution in [0.2, 0.25) is 5.02 Å². The lowest BCUT2D eigenvalue weighted by Gasteiger charge is -2.14. The summed E-state index contributed by atoms with van der Waals surface area (Å²) in [5, 5.41) is 0.768. The third-order valence-electron chi connectivity index (χ3n) is 2.68. The van der Waals surface area contributed by atoms with Gasteiger partial charge in [-0.15, -0.1) is 0 Å². The van der Waals surface area contributed by atoms with Crippen LogP contribution in [0.1, 0.15) is 23.1 Å². The number of halogens is 1. The Kier molecular flexibility index (Phi) is 4.43. The van der Waals surface area contributed by atoms with Crippen LogP contribution in [0.4, 0.5) is 0 Å². The van der Waals surface area contributed by atoms with E-state index in [2.05, 4.69) is 6.92 Å². The minimum Gasteiger partial charge on any atom is -0.496 e. The van der Waals surface area contributed by atoms with E-state index in [1.807, 2.05) is 13.0 Å². The molecule has 0 saturated carbocycles. The molecular formula is C12H18ClNO. The zero-order valence-corrected chi connectivity index (χ0v) is 10.3. The first-order chi connectivity index (χ1) is 7.11. The molecule has 0 spiro atoms. The fourth-order valence-electron chi connectivity index (χ4n) is 1.76. The van der Waals surface area contributed by atoms with Gasteiger partial charge in [-0.3, -0.25) is 0 Å². The van der Waals surface area contributed by atoms with Gasteiger partial charge in [0.1, 0.15) is 5.75 Å². The molecule has 0 aromatic heterocycles. The highest BCUT2D eigenvalue weighted by Crippen LogP contribution is 2.32. The van der Waals surface area contributed by atoms with Crippen molar-refractivity contribution in [1.29, 1.82) is 0 Å². The SMILES string of the molecule is COc1c(C)c(Cl)cc(CCCN)c1C. The van der Waals surface area contributed by atoms with Crippen LogP contribution in [-0.2, 0) is 6.42 Å². The summed E-state index contributed by atoms with van der Waals surface area (Å²) in [5.74, 6) is 0.898. The number of benzene rings is 1. The highest BCUT2D eigenvalue weighted by atomic mass is 35.5. The summed E-state index contributed by atoms with van der Waals surface area (Å²) in [5.41, 5.74) is 8.91. The Hall–Kier alpha value is -0.730. The highest BCUT2D eigenvalue weighted by molar-refractivity contribution is 6.31. The maximum Gasteiger partial charge on any atom is 0.126 e. The smallest absolute Gasteiger partial charge is 0.126 e. The monoisotopic (exact) mass is 227 g/mol. The van der Waals surface area contributed by atoms with Crippen molar-refractivity contribution in [3.8, 4) is 5.75 Å². The number of ether oxygens (including phenoxy) is 1. The van der Waals surface area contributed by atoms with Gasteiger partial charge in [-0.05, 0) is 50.4 Å². The summed E-state index contributed by atoms with van der Waals surface area (Å²) in [6, 6.07) is 2.02. The number of hydrogen-bond acceptors (Lipinski definition) is 2. The third-order valence-corrected chi connectivity index (χ3v) is 3.07. The predicted octanol–water partition coefficient (Wildman–Crippen LogP) is 2.86. The Morgan fingerprint density at radius 1 is 1.33 bits per heavy atom. The van der Waals surface area contributed by atoms with Crippen molar-refractivity contribution in [2.24, 2.45) is 5.73 Å². The first-order valence-electron chi connectivity index (χ1n) is 5.14. The fraction of sp³-hybridized carbons (Fsp3) is 0.500. The maximum atomic E-state index is 6.14. The second kappa shape index (κ2) is 5.38. The number of aryl methyl sites for hydroxylation is 1. The van der Waals surface area contributed by atoms with Gasteiger partial charge in [0.05, 0.1) is 7.11 Å². The van der Waals surface area contributed by atoms with Gasteiger partial charge < -0.3 is 10.5 Å². The molecular weight excluding hydrogens is 210 g/mol. The van der Waals surface area contributed by atoms with Crippen LogP contribution >= 0.6 is 11.6 Å². The molecule has 0 saturated heterocycles. The van der Waals surface area contributed by atoms with E-state index in [-0.39, 0.29) is 0 Å². The number of methoxy groups -OCH3 is 1. The Bertz CT molecular complexity index is 350. The molecule has 2 nitrogen and oxygen atoms in total. The van der Waals surface area contributed by atoms with Crippen molar-refractivity contribution in [3.63, 3.8) is 0 Å². The molecule has 15 heavy (non-hydrogen) atoms. The van der Waals surface area contributed by atoms with Gasteiger partial charge in [0.2, 0.25) is 0 Å². The van der Waals surface area contributed by atoms with E-state index < -0.39 is 0 Å². The molecule has 2 N–H and O–H groups in total. The van der Waals surface area contributed by atoms with E-state index in [1.54, 1.807) is 7.11 Å². The topological polar surface area (TPSA) is 35.2 Å². The Morgan fingerprint density at radius 3 is 2.53 bits per heavy atom. The van der Waals surface area contributed by atoms with Gasteiger partial charge in [0, 0.05) is 10.6 Å². The molecule has 1 aromatic carbocycles. The van der Waals surface area contributed by atoms with Gasteiger partial charge in [0.15, 0.2) is 0 Å². The van der Waals surface area contributed by atoms with E-state index in [9.17, 15) is 0 Å². The van der Waals surface area contributed by atoms with Gasteiger partial charge in [-0.25, -0.2) is 0 Å². The Labute approximate surface area is 96.4 Å². The van der Waals surface area contributed by atoms with Gasteiger partial charge in [0.25, 0.3) is 0 Å². The average molecular weight is 228 g/mol. The van der Waals surface area contributed by atoms with Crippen LogP contribution in [0.25, 0.3) is 0 Å². The van der Waals surface area contributed by atoms with Crippen LogP contribution in [-0.4, -0.2) is 13.7 Å². The van der Waals surface area contributed by atoms with Crippen LogP contribution in [0, 0.1) is 13.8 Å². The van der Waals surface area contributed by atoms with E-state index in [1.165, 1.54) is 11.1 Å². The molecule has 1 aromatic rings. The minimum absolute atomic E-state index is 0.702. The second-order valence-electron chi connectivity index (χ2n) is 3.69. The predicted molar refractivity (Wildman–Crippen MR) is 64.9 cm³/mol. The lowest BCUT2D eigenvalue weighted by atomic mass is 10.00. The molecule has 0 aliphatic carbocycles. The normalized spacial score (nSPS) is 10.5. The first-order valence-corrected chi connectivity index (χ1v) is 5.52. The summed E-state index contributed by atoms with van der Waals surface area (Å²) >= 11 is 6.14. The standard InChI is InChI=1S/C12H18ClNO/c1-8-10(5-4-6-14)7-11(13)9(2)12(8)15-3/h7H,4-6,14H2,1-3H3. The number of nitrogens with two attached hydrogens (primary N) is 1. The molecule has 0 aliphatic rings. The fourth-order valence-corrected chi connectivity index (χ4v) is 1.98. The summed E-state index contributed by atoms with van der Waals surface area (Å²) in [4.78, 5) is 0. The Morgan fingerprint density at radius 2 is 2.00 bits per heavy atom. The van der Waals surface area contributed by atoms with Crippen LogP contribution in [0.5, 0.6) is 5.75 Å². The van der Waals surface area contributed by atoms with Crippen molar-refractivity contribution in [1.82, 2.24) is 0 Å². The first kappa shape index (κ1) is 12.3. The van der Waals surface area contributed by atoms with Gasteiger partial charge in [-0.2, -0.15) is 0 Å². The lowest BCUT2D eigenvalue weighted by molar-refractivity contribution is 0.408. The molecule has 3 heteroatoms. The van der Waals surface area contributed by atoms with Gasteiger partial charge >= 0.3 is 0 Å². The Balaban J connectivity index is 3.12. The molecule has 0 amide bonds. The van der Waals surface area contributed by atoms with Gasteiger partial charge in [-0.1, -0.05) is 11.6 Å². The summed E-state index contributed by atoms with van der Waals surface area (Å²) in [6.07, 6.45) is 1.93. The van der Waals surface area contributed by atoms with Crippen molar-refractivity contribution in [2.75, 3.05) is 13.7 Å². The average Bonchev–Trinajstić information content (AvgIpc) is 2.22. The summed E-state index contributed by atoms with van der Waals surface area (Å²) < 4.78 is 5.36. The van der Waals surface area contributed by atoms with E-state index in [4.69, 9.17) is 22.1 Å². The van der Waals surface area contributed by atoms with Crippen LogP contribution in [0.15, 0.2) is 6.07 Å². The lowest BCUT2D eigenvalue weighted by Crippen LogP contribution is -2.03. The van der Waals surface area contributed by atoms with E-state index >= 15 is 0 Å². The summed E-state index contributed by atoms with van der Waals surface area (Å²) in [6.45, 7) is 4.74. The zero-order valence-electron chi connectivity index (χ0n) is 9.56. The molecule has 0 atom stereocenters. The molecule has 0 bridgehead atoms.